The third kappa shape index (κ3) is 3.68. The molecule has 1 rings (SSSR count). The van der Waals surface area contributed by atoms with Crippen LogP contribution in [-0.4, -0.2) is 61.4 Å². The van der Waals surface area contributed by atoms with Gasteiger partial charge in [0, 0.05) is 13.1 Å². The molecule has 6 nitrogen and oxygen atoms in total. The number of hydrogen-bond donors (Lipinski definition) is 1. The average Bonchev–Trinajstić information content (AvgIpc) is 2.37. The van der Waals surface area contributed by atoms with Gasteiger partial charge in [-0.2, -0.15) is 0 Å². The zero-order chi connectivity index (χ0) is 13.6. The molecule has 1 fully saturated rings. The standard InChI is InChI=1S/C12H21NO5/c1-3-18-11(16)12(2,10(14)15)4-5-13-6-8-17-9-7-13/h3-9H2,1-2H3,(H,14,15). The molecule has 1 heterocycles. The van der Waals surface area contributed by atoms with Crippen LogP contribution in [0.1, 0.15) is 20.3 Å². The summed E-state index contributed by atoms with van der Waals surface area (Å²) in [4.78, 5) is 25.1. The fourth-order valence-corrected chi connectivity index (χ4v) is 1.79. The molecular formula is C12H21NO5. The van der Waals surface area contributed by atoms with Crippen molar-refractivity contribution in [1.29, 1.82) is 0 Å². The number of aliphatic carboxylic acids is 1. The van der Waals surface area contributed by atoms with Crippen LogP contribution in [0.3, 0.4) is 0 Å². The van der Waals surface area contributed by atoms with Crippen LogP contribution in [0.2, 0.25) is 0 Å². The number of carbonyl (C=O) groups excluding carboxylic acids is 1. The lowest BCUT2D eigenvalue weighted by Gasteiger charge is -2.30. The smallest absolute Gasteiger partial charge is 0.323 e. The highest BCUT2D eigenvalue weighted by Crippen LogP contribution is 2.24. The predicted octanol–water partition coefficient (Wildman–Crippen LogP) is 0.363. The molecule has 0 aromatic rings. The van der Waals surface area contributed by atoms with Gasteiger partial charge in [-0.3, -0.25) is 14.5 Å². The van der Waals surface area contributed by atoms with Gasteiger partial charge in [0.15, 0.2) is 5.41 Å². The molecule has 0 amide bonds. The second-order valence-corrected chi connectivity index (χ2v) is 4.56. The molecule has 1 saturated heterocycles. The second kappa shape index (κ2) is 6.70. The Hall–Kier alpha value is -1.14. The minimum atomic E-state index is -1.46. The van der Waals surface area contributed by atoms with Crippen LogP contribution >= 0.6 is 0 Å². The van der Waals surface area contributed by atoms with Crippen LogP contribution in [-0.2, 0) is 19.1 Å². The molecule has 0 aromatic heterocycles. The van der Waals surface area contributed by atoms with Gasteiger partial charge in [0.25, 0.3) is 0 Å². The summed E-state index contributed by atoms with van der Waals surface area (Å²) in [5, 5.41) is 9.21. The number of ether oxygens (including phenoxy) is 2. The molecule has 104 valence electrons. The van der Waals surface area contributed by atoms with Gasteiger partial charge in [-0.05, 0) is 26.8 Å². The molecule has 6 heteroatoms. The van der Waals surface area contributed by atoms with Crippen molar-refractivity contribution in [3.05, 3.63) is 0 Å². The summed E-state index contributed by atoms with van der Waals surface area (Å²) in [6.45, 7) is 6.71. The SMILES string of the molecule is CCOC(=O)C(C)(CCN1CCOCC1)C(=O)O. The number of nitrogens with zero attached hydrogens (tertiary/aromatic N) is 1. The van der Waals surface area contributed by atoms with E-state index < -0.39 is 17.4 Å². The maximum atomic E-state index is 11.7. The summed E-state index contributed by atoms with van der Waals surface area (Å²) in [5.74, 6) is -1.79. The van der Waals surface area contributed by atoms with E-state index in [1.165, 1.54) is 6.92 Å². The van der Waals surface area contributed by atoms with Crippen molar-refractivity contribution in [1.82, 2.24) is 4.90 Å². The zero-order valence-corrected chi connectivity index (χ0v) is 11.0. The van der Waals surface area contributed by atoms with E-state index in [4.69, 9.17) is 9.47 Å². The number of morpholine rings is 1. The number of carboxylic acids is 1. The summed E-state index contributed by atoms with van der Waals surface area (Å²) in [7, 11) is 0. The molecule has 1 N–H and O–H groups in total. The molecule has 1 unspecified atom stereocenters. The summed E-state index contributed by atoms with van der Waals surface area (Å²) < 4.78 is 10.1. The minimum absolute atomic E-state index is 0.194. The lowest BCUT2D eigenvalue weighted by atomic mass is 9.86. The Morgan fingerprint density at radius 2 is 2.00 bits per heavy atom. The Bertz CT molecular complexity index is 301. The van der Waals surface area contributed by atoms with E-state index in [9.17, 15) is 14.7 Å². The molecule has 0 saturated carbocycles. The van der Waals surface area contributed by atoms with Gasteiger partial charge >= 0.3 is 11.9 Å². The third-order valence-corrected chi connectivity index (χ3v) is 3.23. The fourth-order valence-electron chi connectivity index (χ4n) is 1.79. The van der Waals surface area contributed by atoms with Gasteiger partial charge in [0.2, 0.25) is 0 Å². The van der Waals surface area contributed by atoms with Gasteiger partial charge in [-0.25, -0.2) is 0 Å². The topological polar surface area (TPSA) is 76.1 Å². The maximum absolute atomic E-state index is 11.7. The van der Waals surface area contributed by atoms with Crippen molar-refractivity contribution in [2.45, 2.75) is 20.3 Å². The third-order valence-electron chi connectivity index (χ3n) is 3.23. The first-order valence-corrected chi connectivity index (χ1v) is 6.21. The average molecular weight is 259 g/mol. The van der Waals surface area contributed by atoms with Crippen LogP contribution in [0.25, 0.3) is 0 Å². The number of hydrogen-bond acceptors (Lipinski definition) is 5. The second-order valence-electron chi connectivity index (χ2n) is 4.56. The van der Waals surface area contributed by atoms with Gasteiger partial charge in [-0.1, -0.05) is 0 Å². The molecule has 0 aromatic carbocycles. The number of carbonyl (C=O) groups is 2. The van der Waals surface area contributed by atoms with Crippen LogP contribution < -0.4 is 0 Å². The zero-order valence-electron chi connectivity index (χ0n) is 11.0. The van der Waals surface area contributed by atoms with Gasteiger partial charge in [-0.15, -0.1) is 0 Å². The van der Waals surface area contributed by atoms with Crippen LogP contribution in [0.5, 0.6) is 0 Å². The molecule has 0 bridgehead atoms. The van der Waals surface area contributed by atoms with Gasteiger partial charge < -0.3 is 14.6 Å². The Kier molecular flexibility index (Phi) is 5.55. The van der Waals surface area contributed by atoms with Crippen molar-refractivity contribution >= 4 is 11.9 Å². The Labute approximate surface area is 107 Å². The van der Waals surface area contributed by atoms with E-state index in [-0.39, 0.29) is 13.0 Å². The highest BCUT2D eigenvalue weighted by Gasteiger charge is 2.42. The molecular weight excluding hydrogens is 238 g/mol. The first kappa shape index (κ1) is 14.9. The first-order valence-electron chi connectivity index (χ1n) is 6.21. The highest BCUT2D eigenvalue weighted by atomic mass is 16.5. The minimum Gasteiger partial charge on any atom is -0.480 e. The Morgan fingerprint density at radius 1 is 1.39 bits per heavy atom. The summed E-state index contributed by atoms with van der Waals surface area (Å²) in [5.41, 5.74) is -1.46. The van der Waals surface area contributed by atoms with Crippen molar-refractivity contribution in [3.8, 4) is 0 Å². The fraction of sp³-hybridized carbons (Fsp3) is 0.833. The summed E-state index contributed by atoms with van der Waals surface area (Å²) >= 11 is 0. The van der Waals surface area contributed by atoms with Crippen molar-refractivity contribution in [2.24, 2.45) is 5.41 Å². The molecule has 1 atom stereocenters. The molecule has 1 aliphatic heterocycles. The van der Waals surface area contributed by atoms with E-state index in [1.54, 1.807) is 6.92 Å². The summed E-state index contributed by atoms with van der Waals surface area (Å²) in [6, 6.07) is 0. The number of esters is 1. The van der Waals surface area contributed by atoms with Crippen LogP contribution in [0.4, 0.5) is 0 Å². The van der Waals surface area contributed by atoms with Crippen molar-refractivity contribution in [3.63, 3.8) is 0 Å². The monoisotopic (exact) mass is 259 g/mol. The predicted molar refractivity (Wildman–Crippen MR) is 64.3 cm³/mol. The molecule has 0 radical (unpaired) electrons. The van der Waals surface area contributed by atoms with Gasteiger partial charge in [0.05, 0.1) is 19.8 Å². The molecule has 18 heavy (non-hydrogen) atoms. The largest absolute Gasteiger partial charge is 0.480 e. The molecule has 0 aliphatic carbocycles. The van der Waals surface area contributed by atoms with Crippen LogP contribution in [0.15, 0.2) is 0 Å². The normalized spacial score (nSPS) is 20.1. The molecule has 1 aliphatic rings. The van der Waals surface area contributed by atoms with Crippen molar-refractivity contribution < 1.29 is 24.2 Å². The molecule has 0 spiro atoms. The van der Waals surface area contributed by atoms with Crippen molar-refractivity contribution in [2.75, 3.05) is 39.5 Å². The van der Waals surface area contributed by atoms with E-state index in [0.29, 0.717) is 19.8 Å². The van der Waals surface area contributed by atoms with E-state index in [1.807, 2.05) is 0 Å². The quantitative estimate of drug-likeness (QED) is 0.548. The van der Waals surface area contributed by atoms with E-state index >= 15 is 0 Å². The highest BCUT2D eigenvalue weighted by molar-refractivity contribution is 5.98. The van der Waals surface area contributed by atoms with E-state index in [0.717, 1.165) is 13.1 Å². The van der Waals surface area contributed by atoms with E-state index in [2.05, 4.69) is 4.90 Å². The lowest BCUT2D eigenvalue weighted by Crippen LogP contribution is -2.43. The number of carboxylic acid groups (broad SMARTS) is 1. The first-order chi connectivity index (χ1) is 8.50. The maximum Gasteiger partial charge on any atom is 0.323 e. The Morgan fingerprint density at radius 3 is 2.50 bits per heavy atom. The van der Waals surface area contributed by atoms with Gasteiger partial charge in [0.1, 0.15) is 0 Å². The lowest BCUT2D eigenvalue weighted by molar-refractivity contribution is -0.168. The number of rotatable bonds is 6. The van der Waals surface area contributed by atoms with Crippen LogP contribution in [0, 0.1) is 5.41 Å². The summed E-state index contributed by atoms with van der Waals surface area (Å²) in [6.07, 6.45) is 0.251. The Balaban J connectivity index is 2.56.